The number of carbonyl (C=O) groups excluding carboxylic acids is 1. The minimum Gasteiger partial charge on any atom is -0.345 e. The molecule has 3 N–H and O–H groups in total. The zero-order valence-corrected chi connectivity index (χ0v) is 12.0. The number of nitrogens with one attached hydrogen (secondary N) is 1. The Balaban J connectivity index is 0.00000180. The summed E-state index contributed by atoms with van der Waals surface area (Å²) < 4.78 is 12.9. The quantitative estimate of drug-likeness (QED) is 0.902. The van der Waals surface area contributed by atoms with Crippen LogP contribution in [0.15, 0.2) is 18.2 Å². The first-order valence-corrected chi connectivity index (χ1v) is 6.42. The average Bonchev–Trinajstić information content (AvgIpc) is 2.78. The SMILES string of the molecule is Cl.NCC1(NC(=O)c2ccc(F)cc2Cl)CCCC1. The molecule has 0 radical (unpaired) electrons. The van der Waals surface area contributed by atoms with E-state index in [2.05, 4.69) is 5.32 Å². The molecule has 1 fully saturated rings. The third-order valence-electron chi connectivity index (χ3n) is 3.51. The predicted molar refractivity (Wildman–Crippen MR) is 76.4 cm³/mol. The van der Waals surface area contributed by atoms with Gasteiger partial charge in [0.25, 0.3) is 5.91 Å². The second-order valence-electron chi connectivity index (χ2n) is 4.77. The van der Waals surface area contributed by atoms with Crippen LogP contribution in [-0.2, 0) is 0 Å². The topological polar surface area (TPSA) is 55.1 Å². The summed E-state index contributed by atoms with van der Waals surface area (Å²) >= 11 is 5.87. The van der Waals surface area contributed by atoms with Crippen LogP contribution in [0.3, 0.4) is 0 Å². The highest BCUT2D eigenvalue weighted by Gasteiger charge is 2.34. The van der Waals surface area contributed by atoms with Crippen molar-refractivity contribution in [2.24, 2.45) is 5.73 Å². The molecule has 106 valence electrons. The van der Waals surface area contributed by atoms with Crippen LogP contribution in [0, 0.1) is 5.82 Å². The molecule has 0 bridgehead atoms. The van der Waals surface area contributed by atoms with Crippen LogP contribution in [0.5, 0.6) is 0 Å². The van der Waals surface area contributed by atoms with E-state index < -0.39 is 5.82 Å². The summed E-state index contributed by atoms with van der Waals surface area (Å²) in [4.78, 5) is 12.1. The molecule has 1 aromatic rings. The molecule has 0 heterocycles. The Morgan fingerprint density at radius 2 is 2.05 bits per heavy atom. The van der Waals surface area contributed by atoms with Gasteiger partial charge < -0.3 is 11.1 Å². The van der Waals surface area contributed by atoms with Crippen LogP contribution >= 0.6 is 24.0 Å². The van der Waals surface area contributed by atoms with Gasteiger partial charge in [0.05, 0.1) is 16.1 Å². The summed E-state index contributed by atoms with van der Waals surface area (Å²) in [6.07, 6.45) is 3.89. The van der Waals surface area contributed by atoms with Crippen LogP contribution in [0.4, 0.5) is 4.39 Å². The first kappa shape index (κ1) is 16.2. The molecule has 0 aromatic heterocycles. The molecule has 1 saturated carbocycles. The largest absolute Gasteiger partial charge is 0.345 e. The number of carbonyl (C=O) groups is 1. The van der Waals surface area contributed by atoms with E-state index in [0.717, 1.165) is 31.7 Å². The van der Waals surface area contributed by atoms with E-state index in [0.29, 0.717) is 6.54 Å². The van der Waals surface area contributed by atoms with E-state index in [4.69, 9.17) is 17.3 Å². The second kappa shape index (κ2) is 6.55. The lowest BCUT2D eigenvalue weighted by molar-refractivity contribution is 0.0903. The number of hydrogen-bond acceptors (Lipinski definition) is 2. The normalized spacial score (nSPS) is 16.8. The van der Waals surface area contributed by atoms with Crippen molar-refractivity contribution in [3.63, 3.8) is 0 Å². The fraction of sp³-hybridized carbons (Fsp3) is 0.462. The molecule has 1 aliphatic rings. The summed E-state index contributed by atoms with van der Waals surface area (Å²) in [5, 5.41) is 3.07. The van der Waals surface area contributed by atoms with Crippen molar-refractivity contribution in [1.29, 1.82) is 0 Å². The van der Waals surface area contributed by atoms with E-state index in [-0.39, 0.29) is 34.4 Å². The molecule has 1 amide bonds. The summed E-state index contributed by atoms with van der Waals surface area (Å²) in [6.45, 7) is 0.414. The van der Waals surface area contributed by atoms with Gasteiger partial charge in [-0.2, -0.15) is 0 Å². The first-order valence-electron chi connectivity index (χ1n) is 6.04. The van der Waals surface area contributed by atoms with Gasteiger partial charge in [0.1, 0.15) is 5.82 Å². The fourth-order valence-electron chi connectivity index (χ4n) is 2.41. The highest BCUT2D eigenvalue weighted by atomic mass is 35.5. The van der Waals surface area contributed by atoms with Gasteiger partial charge in [0.2, 0.25) is 0 Å². The number of benzene rings is 1. The van der Waals surface area contributed by atoms with Crippen molar-refractivity contribution in [3.05, 3.63) is 34.6 Å². The Bertz CT molecular complexity index is 462. The third kappa shape index (κ3) is 3.59. The van der Waals surface area contributed by atoms with E-state index in [1.807, 2.05) is 0 Å². The monoisotopic (exact) mass is 306 g/mol. The number of rotatable bonds is 3. The van der Waals surface area contributed by atoms with Gasteiger partial charge in [0, 0.05) is 6.54 Å². The lowest BCUT2D eigenvalue weighted by atomic mass is 9.97. The molecule has 0 unspecified atom stereocenters. The molecule has 3 nitrogen and oxygen atoms in total. The number of hydrogen-bond donors (Lipinski definition) is 2. The van der Waals surface area contributed by atoms with Gasteiger partial charge in [-0.3, -0.25) is 4.79 Å². The van der Waals surface area contributed by atoms with Crippen LogP contribution in [0.1, 0.15) is 36.0 Å². The van der Waals surface area contributed by atoms with Crippen molar-refractivity contribution in [2.45, 2.75) is 31.2 Å². The molecule has 6 heteroatoms. The third-order valence-corrected chi connectivity index (χ3v) is 3.82. The minimum absolute atomic E-state index is 0. The molecular formula is C13H17Cl2FN2O. The van der Waals surface area contributed by atoms with Crippen LogP contribution < -0.4 is 11.1 Å². The van der Waals surface area contributed by atoms with E-state index in [1.54, 1.807) is 0 Å². The predicted octanol–water partition coefficient (Wildman–Crippen LogP) is 2.90. The van der Waals surface area contributed by atoms with Gasteiger partial charge in [-0.1, -0.05) is 24.4 Å². The molecule has 1 aromatic carbocycles. The molecule has 1 aliphatic carbocycles. The molecule has 2 rings (SSSR count). The zero-order valence-electron chi connectivity index (χ0n) is 10.4. The second-order valence-corrected chi connectivity index (χ2v) is 5.18. The van der Waals surface area contributed by atoms with Gasteiger partial charge in [0.15, 0.2) is 0 Å². The Labute approximate surface area is 123 Å². The number of amides is 1. The fourth-order valence-corrected chi connectivity index (χ4v) is 2.67. The standard InChI is InChI=1S/C13H16ClFN2O.ClH/c14-11-7-9(15)3-4-10(11)12(18)17-13(8-16)5-1-2-6-13;/h3-4,7H,1-2,5-6,8,16H2,(H,17,18);1H. The lowest BCUT2D eigenvalue weighted by Gasteiger charge is -2.28. The highest BCUT2D eigenvalue weighted by Crippen LogP contribution is 2.29. The maximum absolute atomic E-state index is 12.9. The van der Waals surface area contributed by atoms with Crippen molar-refractivity contribution >= 4 is 29.9 Å². The summed E-state index contributed by atoms with van der Waals surface area (Å²) in [7, 11) is 0. The van der Waals surface area contributed by atoms with Gasteiger partial charge in [-0.05, 0) is 31.0 Å². The molecule has 0 atom stereocenters. The summed E-state index contributed by atoms with van der Waals surface area (Å²) in [5.74, 6) is -0.738. The van der Waals surface area contributed by atoms with Gasteiger partial charge in [-0.15, -0.1) is 12.4 Å². The molecule has 0 aliphatic heterocycles. The van der Waals surface area contributed by atoms with Crippen LogP contribution in [0.25, 0.3) is 0 Å². The van der Waals surface area contributed by atoms with E-state index >= 15 is 0 Å². The first-order chi connectivity index (χ1) is 8.56. The number of halogens is 3. The highest BCUT2D eigenvalue weighted by molar-refractivity contribution is 6.33. The minimum atomic E-state index is -0.453. The van der Waals surface area contributed by atoms with Gasteiger partial charge >= 0.3 is 0 Å². The van der Waals surface area contributed by atoms with E-state index in [1.165, 1.54) is 12.1 Å². The van der Waals surface area contributed by atoms with E-state index in [9.17, 15) is 9.18 Å². The molecule has 19 heavy (non-hydrogen) atoms. The maximum atomic E-state index is 12.9. The van der Waals surface area contributed by atoms with Crippen molar-refractivity contribution < 1.29 is 9.18 Å². The Morgan fingerprint density at radius 3 is 2.58 bits per heavy atom. The number of nitrogens with two attached hydrogens (primary N) is 1. The summed E-state index contributed by atoms with van der Waals surface area (Å²) in [6, 6.07) is 3.76. The van der Waals surface area contributed by atoms with Crippen LogP contribution in [-0.4, -0.2) is 18.0 Å². The Kier molecular flexibility index (Phi) is 5.59. The van der Waals surface area contributed by atoms with Crippen molar-refractivity contribution in [1.82, 2.24) is 5.32 Å². The average molecular weight is 307 g/mol. The Morgan fingerprint density at radius 1 is 1.42 bits per heavy atom. The van der Waals surface area contributed by atoms with Crippen LogP contribution in [0.2, 0.25) is 5.02 Å². The smallest absolute Gasteiger partial charge is 0.253 e. The maximum Gasteiger partial charge on any atom is 0.253 e. The van der Waals surface area contributed by atoms with Crippen molar-refractivity contribution in [3.8, 4) is 0 Å². The van der Waals surface area contributed by atoms with Gasteiger partial charge in [-0.25, -0.2) is 4.39 Å². The molecular weight excluding hydrogens is 290 g/mol. The lowest BCUT2D eigenvalue weighted by Crippen LogP contribution is -2.51. The van der Waals surface area contributed by atoms with Crippen molar-refractivity contribution in [2.75, 3.05) is 6.54 Å². The Hall–Kier alpha value is -0.840. The summed E-state index contributed by atoms with van der Waals surface area (Å²) in [5.41, 5.74) is 5.71. The zero-order chi connectivity index (χ0) is 13.2. The molecule has 0 spiro atoms. The molecule has 0 saturated heterocycles.